The molecule has 3 rings (SSSR count). The van der Waals surface area contributed by atoms with Gasteiger partial charge in [-0.25, -0.2) is 14.6 Å². The summed E-state index contributed by atoms with van der Waals surface area (Å²) in [7, 11) is 0. The summed E-state index contributed by atoms with van der Waals surface area (Å²) >= 11 is 0. The van der Waals surface area contributed by atoms with Crippen molar-refractivity contribution in [1.82, 2.24) is 9.88 Å². The van der Waals surface area contributed by atoms with E-state index in [1.807, 2.05) is 25.7 Å². The average molecular weight is 443 g/mol. The van der Waals surface area contributed by atoms with E-state index in [2.05, 4.69) is 10.3 Å². The van der Waals surface area contributed by atoms with Crippen molar-refractivity contribution in [2.45, 2.75) is 26.4 Å². The molecule has 0 bridgehead atoms. The van der Waals surface area contributed by atoms with Crippen molar-refractivity contribution in [3.05, 3.63) is 52.7 Å². The fourth-order valence-corrected chi connectivity index (χ4v) is 2.98. The van der Waals surface area contributed by atoms with E-state index in [1.54, 1.807) is 17.0 Å². The van der Waals surface area contributed by atoms with Crippen molar-refractivity contribution >= 4 is 29.4 Å². The molecule has 0 spiro atoms. The number of rotatable bonds is 4. The fourth-order valence-electron chi connectivity index (χ4n) is 2.98. The van der Waals surface area contributed by atoms with E-state index in [9.17, 15) is 19.7 Å². The van der Waals surface area contributed by atoms with Gasteiger partial charge in [0.1, 0.15) is 17.2 Å². The molecule has 1 N–H and O–H groups in total. The van der Waals surface area contributed by atoms with Crippen LogP contribution in [0.25, 0.3) is 0 Å². The van der Waals surface area contributed by atoms with Gasteiger partial charge in [-0.05, 0) is 45.0 Å². The van der Waals surface area contributed by atoms with Gasteiger partial charge in [0.05, 0.1) is 16.8 Å². The number of carbonyl (C=O) groups excluding carboxylic acids is 2. The largest absolute Gasteiger partial charge is 0.444 e. The van der Waals surface area contributed by atoms with E-state index in [1.165, 1.54) is 30.5 Å². The Morgan fingerprint density at radius 2 is 1.72 bits per heavy atom. The highest BCUT2D eigenvalue weighted by atomic mass is 16.6. The van der Waals surface area contributed by atoms with E-state index in [4.69, 9.17) is 9.47 Å². The van der Waals surface area contributed by atoms with Crippen LogP contribution in [0.5, 0.6) is 5.75 Å². The molecule has 0 atom stereocenters. The maximum absolute atomic E-state index is 12.2. The maximum atomic E-state index is 12.2. The second-order valence-corrected chi connectivity index (χ2v) is 8.13. The van der Waals surface area contributed by atoms with Crippen LogP contribution in [-0.2, 0) is 4.74 Å². The highest BCUT2D eigenvalue weighted by molar-refractivity contribution is 5.86. The molecule has 0 saturated carbocycles. The standard InChI is InChI=1S/C21H25N5O6/c1-21(2,3)32-20(28)25-12-10-24(11-13-25)18-9-4-15(14-22-18)23-19(27)31-17-7-5-16(6-8-17)26(29)30/h4-9,14H,10-13H2,1-3H3,(H,23,27). The summed E-state index contributed by atoms with van der Waals surface area (Å²) < 4.78 is 10.5. The first-order valence-electron chi connectivity index (χ1n) is 10.0. The molecule has 2 amide bonds. The molecule has 2 heterocycles. The number of anilines is 2. The molecule has 0 aliphatic carbocycles. The Bertz CT molecular complexity index is 964. The minimum Gasteiger partial charge on any atom is -0.444 e. The van der Waals surface area contributed by atoms with Gasteiger partial charge < -0.3 is 19.3 Å². The Labute approximate surface area is 185 Å². The van der Waals surface area contributed by atoms with Gasteiger partial charge in [-0.15, -0.1) is 0 Å². The van der Waals surface area contributed by atoms with Crippen LogP contribution >= 0.6 is 0 Å². The number of nitro benzene ring substituents is 1. The summed E-state index contributed by atoms with van der Waals surface area (Å²) in [5, 5.41) is 13.2. The van der Waals surface area contributed by atoms with E-state index in [-0.39, 0.29) is 17.5 Å². The zero-order valence-corrected chi connectivity index (χ0v) is 18.1. The first-order chi connectivity index (χ1) is 15.1. The number of hydrogen-bond acceptors (Lipinski definition) is 8. The smallest absolute Gasteiger partial charge is 0.417 e. The number of benzene rings is 1. The summed E-state index contributed by atoms with van der Waals surface area (Å²) in [6.45, 7) is 7.78. The van der Waals surface area contributed by atoms with Crippen LogP contribution in [0, 0.1) is 10.1 Å². The number of piperazine rings is 1. The second kappa shape index (κ2) is 9.50. The number of aromatic nitrogens is 1. The van der Waals surface area contributed by atoms with Gasteiger partial charge in [-0.3, -0.25) is 15.4 Å². The Morgan fingerprint density at radius 3 is 2.25 bits per heavy atom. The van der Waals surface area contributed by atoms with Crippen LogP contribution in [0.2, 0.25) is 0 Å². The van der Waals surface area contributed by atoms with Crippen LogP contribution in [0.3, 0.4) is 0 Å². The predicted octanol–water partition coefficient (Wildman–Crippen LogP) is 3.66. The number of pyridine rings is 1. The van der Waals surface area contributed by atoms with Crippen LogP contribution in [0.15, 0.2) is 42.6 Å². The Balaban J connectivity index is 1.49. The maximum Gasteiger partial charge on any atom is 0.417 e. The predicted molar refractivity (Wildman–Crippen MR) is 117 cm³/mol. The third-order valence-corrected chi connectivity index (χ3v) is 4.51. The van der Waals surface area contributed by atoms with Crippen molar-refractivity contribution in [1.29, 1.82) is 0 Å². The number of nitrogens with zero attached hydrogens (tertiary/aromatic N) is 4. The summed E-state index contributed by atoms with van der Waals surface area (Å²) in [6.07, 6.45) is 0.447. The van der Waals surface area contributed by atoms with Gasteiger partial charge in [0.15, 0.2) is 0 Å². The van der Waals surface area contributed by atoms with Crippen molar-refractivity contribution < 1.29 is 24.0 Å². The van der Waals surface area contributed by atoms with Gasteiger partial charge >= 0.3 is 12.2 Å². The summed E-state index contributed by atoms with van der Waals surface area (Å²) in [4.78, 5) is 42.4. The molecule has 0 radical (unpaired) electrons. The lowest BCUT2D eigenvalue weighted by molar-refractivity contribution is -0.384. The summed E-state index contributed by atoms with van der Waals surface area (Å²) in [5.74, 6) is 0.906. The Hall–Kier alpha value is -3.89. The third-order valence-electron chi connectivity index (χ3n) is 4.51. The number of hydrogen-bond donors (Lipinski definition) is 1. The molecule has 32 heavy (non-hydrogen) atoms. The molecule has 1 aromatic heterocycles. The van der Waals surface area contributed by atoms with E-state index in [0.29, 0.717) is 31.9 Å². The van der Waals surface area contributed by atoms with Crippen molar-refractivity contribution in [3.8, 4) is 5.75 Å². The number of carbonyl (C=O) groups is 2. The molecule has 11 nitrogen and oxygen atoms in total. The van der Waals surface area contributed by atoms with Crippen LogP contribution in [-0.4, -0.2) is 58.8 Å². The first kappa shape index (κ1) is 22.8. The topological polar surface area (TPSA) is 127 Å². The third kappa shape index (κ3) is 6.30. The lowest BCUT2D eigenvalue weighted by Crippen LogP contribution is -2.50. The highest BCUT2D eigenvalue weighted by Crippen LogP contribution is 2.20. The molecule has 1 aliphatic heterocycles. The van der Waals surface area contributed by atoms with Gasteiger partial charge in [0, 0.05) is 38.3 Å². The minimum absolute atomic E-state index is 0.0931. The van der Waals surface area contributed by atoms with E-state index in [0.717, 1.165) is 5.82 Å². The summed E-state index contributed by atoms with van der Waals surface area (Å²) in [6, 6.07) is 8.65. The number of amides is 2. The average Bonchev–Trinajstić information content (AvgIpc) is 2.73. The number of nitrogens with one attached hydrogen (secondary N) is 1. The monoisotopic (exact) mass is 443 g/mol. The van der Waals surface area contributed by atoms with Gasteiger partial charge in [0.2, 0.25) is 0 Å². The first-order valence-corrected chi connectivity index (χ1v) is 10.0. The lowest BCUT2D eigenvalue weighted by Gasteiger charge is -2.36. The number of nitro groups is 1. The SMILES string of the molecule is CC(C)(C)OC(=O)N1CCN(c2ccc(NC(=O)Oc3ccc([N+](=O)[O-])cc3)cn2)CC1. The van der Waals surface area contributed by atoms with Gasteiger partial charge in [-0.1, -0.05) is 0 Å². The number of non-ortho nitro benzene ring substituents is 1. The molecular weight excluding hydrogens is 418 g/mol. The molecule has 0 unspecified atom stereocenters. The minimum atomic E-state index is -0.737. The van der Waals surface area contributed by atoms with Crippen molar-refractivity contribution in [2.24, 2.45) is 0 Å². The number of ether oxygens (including phenoxy) is 2. The second-order valence-electron chi connectivity index (χ2n) is 8.13. The zero-order valence-electron chi connectivity index (χ0n) is 18.1. The van der Waals surface area contributed by atoms with Crippen LogP contribution < -0.4 is 15.0 Å². The molecule has 2 aromatic rings. The van der Waals surface area contributed by atoms with Crippen LogP contribution in [0.4, 0.5) is 26.8 Å². The molecule has 1 aromatic carbocycles. The molecule has 170 valence electrons. The van der Waals surface area contributed by atoms with Gasteiger partial charge in [0.25, 0.3) is 5.69 Å². The van der Waals surface area contributed by atoms with E-state index < -0.39 is 16.6 Å². The molecule has 1 saturated heterocycles. The highest BCUT2D eigenvalue weighted by Gasteiger charge is 2.26. The molecular formula is C21H25N5O6. The normalized spacial score (nSPS) is 14.0. The quantitative estimate of drug-likeness (QED) is 0.560. The molecule has 11 heteroatoms. The van der Waals surface area contributed by atoms with Crippen molar-refractivity contribution in [3.63, 3.8) is 0 Å². The molecule has 1 fully saturated rings. The Kier molecular flexibility index (Phi) is 6.76. The van der Waals surface area contributed by atoms with Crippen molar-refractivity contribution in [2.75, 3.05) is 36.4 Å². The Morgan fingerprint density at radius 1 is 1.06 bits per heavy atom. The molecule has 1 aliphatic rings. The lowest BCUT2D eigenvalue weighted by atomic mass is 10.2. The van der Waals surface area contributed by atoms with Crippen LogP contribution in [0.1, 0.15) is 20.8 Å². The summed E-state index contributed by atoms with van der Waals surface area (Å²) in [5.41, 5.74) is -0.185. The zero-order chi connectivity index (χ0) is 23.3. The van der Waals surface area contributed by atoms with Gasteiger partial charge in [-0.2, -0.15) is 0 Å². The fraction of sp³-hybridized carbons (Fsp3) is 0.381. The van der Waals surface area contributed by atoms with E-state index >= 15 is 0 Å².